The number of pyridine rings is 1. The number of amides is 2. The number of thiazole rings is 1. The van der Waals surface area contributed by atoms with E-state index in [0.717, 1.165) is 11.4 Å². The highest BCUT2D eigenvalue weighted by atomic mass is 32.1. The third-order valence-corrected chi connectivity index (χ3v) is 4.88. The molecule has 7 nitrogen and oxygen atoms in total. The number of likely N-dealkylation sites (N-methyl/N-ethyl adjacent to an activating group) is 1. The van der Waals surface area contributed by atoms with E-state index in [-0.39, 0.29) is 18.4 Å². The number of carbonyl (C=O) groups is 2. The summed E-state index contributed by atoms with van der Waals surface area (Å²) in [5, 5.41) is 4.58. The summed E-state index contributed by atoms with van der Waals surface area (Å²) in [6.07, 6.45) is 2.39. The fourth-order valence-electron chi connectivity index (χ4n) is 2.51. The van der Waals surface area contributed by atoms with Crippen molar-refractivity contribution in [2.24, 2.45) is 0 Å². The van der Waals surface area contributed by atoms with Gasteiger partial charge >= 0.3 is 0 Å². The Morgan fingerprint density at radius 3 is 2.62 bits per heavy atom. The third kappa shape index (κ3) is 6.39. The summed E-state index contributed by atoms with van der Waals surface area (Å²) in [5.74, 6) is 0.194. The molecule has 0 saturated heterocycles. The van der Waals surface area contributed by atoms with Crippen LogP contribution in [0.3, 0.4) is 0 Å². The Balaban J connectivity index is 1.41. The monoisotopic (exact) mass is 410 g/mol. The summed E-state index contributed by atoms with van der Waals surface area (Å²) < 4.78 is 5.62. The normalized spacial score (nSPS) is 10.4. The third-order valence-electron chi connectivity index (χ3n) is 4.24. The van der Waals surface area contributed by atoms with Crippen LogP contribution in [-0.4, -0.2) is 46.8 Å². The molecular formula is C21H22N4O3S. The molecule has 0 spiro atoms. The lowest BCUT2D eigenvalue weighted by atomic mass is 10.2. The summed E-state index contributed by atoms with van der Waals surface area (Å²) >= 11 is 1.51. The van der Waals surface area contributed by atoms with E-state index in [1.54, 1.807) is 47.9 Å². The van der Waals surface area contributed by atoms with Gasteiger partial charge in [-0.25, -0.2) is 4.98 Å². The topological polar surface area (TPSA) is 84.4 Å². The van der Waals surface area contributed by atoms with Crippen LogP contribution < -0.4 is 10.1 Å². The van der Waals surface area contributed by atoms with Crippen molar-refractivity contribution in [3.63, 3.8) is 0 Å². The first-order chi connectivity index (χ1) is 14.1. The molecule has 8 heteroatoms. The average Bonchev–Trinajstić information content (AvgIpc) is 3.29. The Bertz CT molecular complexity index is 915. The number of hydrogen-bond donors (Lipinski definition) is 1. The minimum Gasteiger partial charge on any atom is -0.487 e. The number of nitrogens with one attached hydrogen (secondary N) is 1. The van der Waals surface area contributed by atoms with Gasteiger partial charge in [-0.2, -0.15) is 0 Å². The van der Waals surface area contributed by atoms with Crippen LogP contribution in [0.5, 0.6) is 5.75 Å². The summed E-state index contributed by atoms with van der Waals surface area (Å²) in [4.78, 5) is 34.5. The van der Waals surface area contributed by atoms with Crippen LogP contribution in [0.25, 0.3) is 0 Å². The zero-order valence-electron chi connectivity index (χ0n) is 16.1. The molecule has 0 aliphatic carbocycles. The number of hydrogen-bond acceptors (Lipinski definition) is 6. The van der Waals surface area contributed by atoms with E-state index in [1.165, 1.54) is 11.3 Å². The van der Waals surface area contributed by atoms with Crippen molar-refractivity contribution in [2.75, 3.05) is 20.1 Å². The van der Waals surface area contributed by atoms with Crippen LogP contribution in [0.2, 0.25) is 0 Å². The molecule has 29 heavy (non-hydrogen) atoms. The molecule has 3 aromatic rings. The second-order valence-electron chi connectivity index (χ2n) is 6.36. The van der Waals surface area contributed by atoms with Crippen molar-refractivity contribution in [1.29, 1.82) is 0 Å². The lowest BCUT2D eigenvalue weighted by molar-refractivity contribution is -0.128. The zero-order valence-corrected chi connectivity index (χ0v) is 16.9. The van der Waals surface area contributed by atoms with Crippen LogP contribution in [0, 0.1) is 0 Å². The predicted molar refractivity (Wildman–Crippen MR) is 111 cm³/mol. The summed E-state index contributed by atoms with van der Waals surface area (Å²) in [6.45, 7) is 0.866. The number of nitrogens with zero attached hydrogens (tertiary/aromatic N) is 3. The fraction of sp³-hybridized carbons (Fsp3) is 0.238. The van der Waals surface area contributed by atoms with Crippen LogP contribution >= 0.6 is 11.3 Å². The second-order valence-corrected chi connectivity index (χ2v) is 7.08. The molecule has 0 aliphatic rings. The van der Waals surface area contributed by atoms with Crippen molar-refractivity contribution < 1.29 is 14.3 Å². The van der Waals surface area contributed by atoms with Crippen molar-refractivity contribution in [2.45, 2.75) is 13.0 Å². The van der Waals surface area contributed by atoms with E-state index in [2.05, 4.69) is 15.3 Å². The highest BCUT2D eigenvalue weighted by Crippen LogP contribution is 2.14. The van der Waals surface area contributed by atoms with Gasteiger partial charge in [-0.05, 0) is 36.4 Å². The Kier molecular flexibility index (Phi) is 7.29. The lowest BCUT2D eigenvalue weighted by Crippen LogP contribution is -2.39. The number of benzene rings is 1. The van der Waals surface area contributed by atoms with E-state index in [0.29, 0.717) is 30.9 Å². The number of rotatable bonds is 9. The van der Waals surface area contributed by atoms with Gasteiger partial charge in [0.05, 0.1) is 17.7 Å². The standard InChI is InChI=1S/C21H22N4O3S/c1-25(11-9-17-4-2-3-10-22-17)20(26)12-23-21(27)16-5-7-19(8-6-16)28-13-18-14-29-15-24-18/h2-8,10,14-15H,9,11-13H2,1H3,(H,23,27). The van der Waals surface area contributed by atoms with E-state index in [9.17, 15) is 9.59 Å². The van der Waals surface area contributed by atoms with Crippen LogP contribution in [0.15, 0.2) is 59.6 Å². The first-order valence-corrected chi connectivity index (χ1v) is 10.1. The fourth-order valence-corrected chi connectivity index (χ4v) is 3.06. The smallest absolute Gasteiger partial charge is 0.251 e. The zero-order chi connectivity index (χ0) is 20.5. The number of aromatic nitrogens is 2. The second kappa shape index (κ2) is 10.3. The first-order valence-electron chi connectivity index (χ1n) is 9.14. The Hall–Kier alpha value is -3.26. The molecular weight excluding hydrogens is 388 g/mol. The summed E-state index contributed by atoms with van der Waals surface area (Å²) in [5.41, 5.74) is 4.01. The van der Waals surface area contributed by atoms with Gasteiger partial charge in [0.25, 0.3) is 5.91 Å². The van der Waals surface area contributed by atoms with E-state index in [1.807, 2.05) is 23.6 Å². The maximum Gasteiger partial charge on any atom is 0.251 e. The van der Waals surface area contributed by atoms with Gasteiger partial charge in [-0.15, -0.1) is 11.3 Å². The van der Waals surface area contributed by atoms with E-state index in [4.69, 9.17) is 4.74 Å². The molecule has 0 radical (unpaired) electrons. The highest BCUT2D eigenvalue weighted by Gasteiger charge is 2.12. The van der Waals surface area contributed by atoms with Crippen LogP contribution in [0.1, 0.15) is 21.7 Å². The van der Waals surface area contributed by atoms with Crippen molar-refractivity contribution >= 4 is 23.2 Å². The van der Waals surface area contributed by atoms with Gasteiger partial charge in [0.15, 0.2) is 0 Å². The molecule has 0 bridgehead atoms. The summed E-state index contributed by atoms with van der Waals surface area (Å²) in [7, 11) is 1.71. The van der Waals surface area contributed by atoms with Crippen molar-refractivity contribution in [1.82, 2.24) is 20.2 Å². The Labute approximate surface area is 173 Å². The molecule has 3 rings (SSSR count). The molecule has 150 valence electrons. The molecule has 1 aromatic carbocycles. The maximum absolute atomic E-state index is 12.3. The highest BCUT2D eigenvalue weighted by molar-refractivity contribution is 7.07. The number of carbonyl (C=O) groups excluding carboxylic acids is 2. The molecule has 0 fully saturated rings. The minimum absolute atomic E-state index is 0.0559. The molecule has 2 aromatic heterocycles. The van der Waals surface area contributed by atoms with E-state index < -0.39 is 0 Å². The summed E-state index contributed by atoms with van der Waals surface area (Å²) in [6, 6.07) is 12.5. The molecule has 2 amide bonds. The number of ether oxygens (including phenoxy) is 1. The van der Waals surface area contributed by atoms with Gasteiger partial charge in [0, 0.05) is 42.8 Å². The maximum atomic E-state index is 12.3. The van der Waals surface area contributed by atoms with Crippen LogP contribution in [-0.2, 0) is 17.8 Å². The van der Waals surface area contributed by atoms with Gasteiger partial charge in [0.1, 0.15) is 12.4 Å². The molecule has 0 aliphatic heterocycles. The van der Waals surface area contributed by atoms with Crippen LogP contribution in [0.4, 0.5) is 0 Å². The predicted octanol–water partition coefficient (Wildman–Crippen LogP) is 2.55. The quantitative estimate of drug-likeness (QED) is 0.586. The Morgan fingerprint density at radius 1 is 1.10 bits per heavy atom. The first kappa shape index (κ1) is 20.5. The van der Waals surface area contributed by atoms with Gasteiger partial charge < -0.3 is 15.0 Å². The van der Waals surface area contributed by atoms with Gasteiger partial charge in [-0.3, -0.25) is 14.6 Å². The van der Waals surface area contributed by atoms with Crippen molar-refractivity contribution in [3.8, 4) is 5.75 Å². The molecule has 0 unspecified atom stereocenters. The SMILES string of the molecule is CN(CCc1ccccn1)C(=O)CNC(=O)c1ccc(OCc2cscn2)cc1. The lowest BCUT2D eigenvalue weighted by Gasteiger charge is -2.17. The average molecular weight is 410 g/mol. The minimum atomic E-state index is -0.303. The Morgan fingerprint density at radius 2 is 1.93 bits per heavy atom. The molecule has 0 saturated carbocycles. The van der Waals surface area contributed by atoms with Gasteiger partial charge in [0.2, 0.25) is 5.91 Å². The van der Waals surface area contributed by atoms with Crippen molar-refractivity contribution in [3.05, 3.63) is 76.5 Å². The molecule has 1 N–H and O–H groups in total. The largest absolute Gasteiger partial charge is 0.487 e. The molecule has 2 heterocycles. The van der Waals surface area contributed by atoms with Gasteiger partial charge in [-0.1, -0.05) is 6.07 Å². The van der Waals surface area contributed by atoms with E-state index >= 15 is 0 Å². The molecule has 0 atom stereocenters.